The molecule has 0 spiro atoms. The topological polar surface area (TPSA) is 54.0 Å². The first-order valence-corrected chi connectivity index (χ1v) is 8.48. The lowest BCUT2D eigenvalue weighted by atomic mass is 9.98. The van der Waals surface area contributed by atoms with Crippen LogP contribution in [-0.4, -0.2) is 46.2 Å². The van der Waals surface area contributed by atoms with Crippen molar-refractivity contribution in [2.45, 2.75) is 13.0 Å². The van der Waals surface area contributed by atoms with Crippen LogP contribution >= 0.6 is 0 Å². The molecule has 0 saturated carbocycles. The predicted molar refractivity (Wildman–Crippen MR) is 93.6 cm³/mol. The second-order valence-electron chi connectivity index (χ2n) is 6.48. The summed E-state index contributed by atoms with van der Waals surface area (Å²) in [6.07, 6.45) is 8.35. The van der Waals surface area contributed by atoms with Crippen molar-refractivity contribution in [3.8, 4) is 0 Å². The van der Waals surface area contributed by atoms with Crippen LogP contribution in [0.3, 0.4) is 0 Å². The van der Waals surface area contributed by atoms with Gasteiger partial charge in [-0.3, -0.25) is 14.9 Å². The minimum atomic E-state index is 0.501. The second kappa shape index (κ2) is 7.11. The molecule has 124 valence electrons. The quantitative estimate of drug-likeness (QED) is 0.802. The number of rotatable bonds is 4. The van der Waals surface area contributed by atoms with Crippen LogP contribution in [0.4, 0.5) is 0 Å². The van der Waals surface area contributed by atoms with Gasteiger partial charge in [-0.25, -0.2) is 0 Å². The van der Waals surface area contributed by atoms with E-state index < -0.39 is 0 Å². The summed E-state index contributed by atoms with van der Waals surface area (Å²) >= 11 is 0. The summed E-state index contributed by atoms with van der Waals surface area (Å²) in [4.78, 5) is 14.2. The molecule has 3 heterocycles. The first-order valence-electron chi connectivity index (χ1n) is 8.48. The van der Waals surface area contributed by atoms with Crippen LogP contribution in [0.2, 0.25) is 0 Å². The molecular weight excluding hydrogens is 300 g/mol. The van der Waals surface area contributed by atoms with Gasteiger partial charge in [0.1, 0.15) is 0 Å². The molecule has 1 aliphatic heterocycles. The van der Waals surface area contributed by atoms with E-state index in [0.29, 0.717) is 5.92 Å². The first-order chi connectivity index (χ1) is 11.9. The third kappa shape index (κ3) is 3.63. The Morgan fingerprint density at radius 2 is 2.25 bits per heavy atom. The number of aromatic amines is 1. The fraction of sp³-hybridized carbons (Fsp3) is 0.368. The van der Waals surface area contributed by atoms with E-state index in [1.807, 2.05) is 12.4 Å². The zero-order valence-electron chi connectivity index (χ0n) is 13.7. The van der Waals surface area contributed by atoms with Crippen molar-refractivity contribution in [1.29, 1.82) is 0 Å². The molecule has 24 heavy (non-hydrogen) atoms. The van der Waals surface area contributed by atoms with Gasteiger partial charge in [-0.15, -0.1) is 0 Å². The Balaban J connectivity index is 1.43. The predicted octanol–water partition coefficient (Wildman–Crippen LogP) is 2.65. The Morgan fingerprint density at radius 1 is 1.25 bits per heavy atom. The van der Waals surface area contributed by atoms with Crippen molar-refractivity contribution in [3.63, 3.8) is 0 Å². The van der Waals surface area contributed by atoms with E-state index in [2.05, 4.69) is 44.1 Å². The standard InChI is InChI=1S/C19H22N4O/c1-2-19-17(3-4-22-19)10-15(1)9-16-12-23(7-8-24-14-16)13-18-11-20-5-6-21-18/h1-6,10-11,16,22H,7-9,12-14H2. The summed E-state index contributed by atoms with van der Waals surface area (Å²) in [5.74, 6) is 0.501. The van der Waals surface area contributed by atoms with Gasteiger partial charge in [-0.2, -0.15) is 0 Å². The lowest BCUT2D eigenvalue weighted by molar-refractivity contribution is 0.121. The second-order valence-corrected chi connectivity index (χ2v) is 6.48. The van der Waals surface area contributed by atoms with E-state index in [9.17, 15) is 0 Å². The maximum atomic E-state index is 5.84. The average molecular weight is 322 g/mol. The summed E-state index contributed by atoms with van der Waals surface area (Å²) < 4.78 is 5.84. The van der Waals surface area contributed by atoms with E-state index in [1.54, 1.807) is 12.4 Å². The van der Waals surface area contributed by atoms with Gasteiger partial charge in [0.2, 0.25) is 0 Å². The molecule has 2 aromatic heterocycles. The monoisotopic (exact) mass is 322 g/mol. The number of hydrogen-bond donors (Lipinski definition) is 1. The third-order valence-corrected chi connectivity index (χ3v) is 4.57. The van der Waals surface area contributed by atoms with Gasteiger partial charge in [0.05, 0.1) is 18.9 Å². The highest BCUT2D eigenvalue weighted by atomic mass is 16.5. The molecule has 1 saturated heterocycles. The van der Waals surface area contributed by atoms with Gasteiger partial charge in [0.15, 0.2) is 0 Å². The first kappa shape index (κ1) is 15.3. The maximum Gasteiger partial charge on any atom is 0.0726 e. The molecule has 1 N–H and O–H groups in total. The van der Waals surface area contributed by atoms with Crippen molar-refractivity contribution in [3.05, 3.63) is 60.3 Å². The normalized spacial score (nSPS) is 19.4. The summed E-state index contributed by atoms with van der Waals surface area (Å²) in [5, 5.41) is 1.28. The van der Waals surface area contributed by atoms with Gasteiger partial charge in [-0.1, -0.05) is 6.07 Å². The number of fused-ring (bicyclic) bond motifs is 1. The number of H-pyrrole nitrogens is 1. The van der Waals surface area contributed by atoms with Crippen molar-refractivity contribution < 1.29 is 4.74 Å². The van der Waals surface area contributed by atoms with Crippen LogP contribution in [0.25, 0.3) is 10.9 Å². The fourth-order valence-corrected chi connectivity index (χ4v) is 3.42. The summed E-state index contributed by atoms with van der Waals surface area (Å²) in [7, 11) is 0. The smallest absolute Gasteiger partial charge is 0.0726 e. The lowest BCUT2D eigenvalue weighted by Crippen LogP contribution is -2.30. The molecular formula is C19H22N4O. The zero-order chi connectivity index (χ0) is 16.2. The molecule has 1 aliphatic rings. The molecule has 1 unspecified atom stereocenters. The molecule has 5 heteroatoms. The fourth-order valence-electron chi connectivity index (χ4n) is 3.42. The average Bonchev–Trinajstić information content (AvgIpc) is 2.96. The molecule has 1 fully saturated rings. The van der Waals surface area contributed by atoms with Crippen LogP contribution in [0.1, 0.15) is 11.3 Å². The number of nitrogens with one attached hydrogen (secondary N) is 1. The summed E-state index contributed by atoms with van der Waals surface area (Å²) in [6.45, 7) is 4.42. The van der Waals surface area contributed by atoms with Gasteiger partial charge in [-0.05, 0) is 41.5 Å². The molecule has 0 radical (unpaired) electrons. The minimum absolute atomic E-state index is 0.501. The lowest BCUT2D eigenvalue weighted by Gasteiger charge is -2.23. The molecule has 1 atom stereocenters. The van der Waals surface area contributed by atoms with Gasteiger partial charge in [0, 0.05) is 49.9 Å². The van der Waals surface area contributed by atoms with Gasteiger partial charge in [0.25, 0.3) is 0 Å². The van der Waals surface area contributed by atoms with Crippen LogP contribution < -0.4 is 0 Å². The summed E-state index contributed by atoms with van der Waals surface area (Å²) in [6, 6.07) is 8.79. The minimum Gasteiger partial charge on any atom is -0.380 e. The highest BCUT2D eigenvalue weighted by molar-refractivity contribution is 5.79. The highest BCUT2D eigenvalue weighted by Crippen LogP contribution is 2.19. The van der Waals surface area contributed by atoms with Crippen LogP contribution in [0.5, 0.6) is 0 Å². The molecule has 1 aromatic carbocycles. The van der Waals surface area contributed by atoms with E-state index in [4.69, 9.17) is 4.74 Å². The van der Waals surface area contributed by atoms with E-state index in [1.165, 1.54) is 16.5 Å². The molecule has 0 bridgehead atoms. The molecule has 0 amide bonds. The van der Waals surface area contributed by atoms with E-state index in [0.717, 1.165) is 45.0 Å². The Bertz CT molecular complexity index is 786. The van der Waals surface area contributed by atoms with E-state index in [-0.39, 0.29) is 0 Å². The van der Waals surface area contributed by atoms with Crippen molar-refractivity contribution >= 4 is 10.9 Å². The van der Waals surface area contributed by atoms with Crippen molar-refractivity contribution in [1.82, 2.24) is 19.9 Å². The highest BCUT2D eigenvalue weighted by Gasteiger charge is 2.19. The maximum absolute atomic E-state index is 5.84. The molecule has 0 aliphatic carbocycles. The molecule has 5 nitrogen and oxygen atoms in total. The van der Waals surface area contributed by atoms with Gasteiger partial charge < -0.3 is 9.72 Å². The Hall–Kier alpha value is -2.24. The van der Waals surface area contributed by atoms with Crippen molar-refractivity contribution in [2.75, 3.05) is 26.3 Å². The van der Waals surface area contributed by atoms with Crippen molar-refractivity contribution in [2.24, 2.45) is 5.92 Å². The number of hydrogen-bond acceptors (Lipinski definition) is 4. The Kier molecular flexibility index (Phi) is 4.53. The Morgan fingerprint density at radius 3 is 3.17 bits per heavy atom. The van der Waals surface area contributed by atoms with Crippen LogP contribution in [-0.2, 0) is 17.7 Å². The van der Waals surface area contributed by atoms with Gasteiger partial charge >= 0.3 is 0 Å². The largest absolute Gasteiger partial charge is 0.380 e. The SMILES string of the molecule is c1cnc(CN2CCOCC(Cc3ccc4[nH]ccc4c3)C2)cn1. The number of ether oxygens (including phenoxy) is 1. The molecule has 4 rings (SSSR count). The number of aromatic nitrogens is 3. The third-order valence-electron chi connectivity index (χ3n) is 4.57. The zero-order valence-corrected chi connectivity index (χ0v) is 13.7. The van der Waals surface area contributed by atoms with E-state index >= 15 is 0 Å². The number of nitrogens with zero attached hydrogens (tertiary/aromatic N) is 3. The molecule has 3 aromatic rings. The Labute approximate surface area is 141 Å². The summed E-state index contributed by atoms with van der Waals surface area (Å²) in [5.41, 5.74) is 3.59. The van der Waals surface area contributed by atoms with Crippen LogP contribution in [0, 0.1) is 5.92 Å². The number of benzene rings is 1. The van der Waals surface area contributed by atoms with Crippen LogP contribution in [0.15, 0.2) is 49.1 Å².